The highest BCUT2D eigenvalue weighted by atomic mass is 32.2. The number of benzene rings is 3. The number of amides is 1. The fourth-order valence-electron chi connectivity index (χ4n) is 4.32. The zero-order valence-corrected chi connectivity index (χ0v) is 23.8. The lowest BCUT2D eigenvalue weighted by Crippen LogP contribution is -2.41. The van der Waals surface area contributed by atoms with Crippen LogP contribution in [0.5, 0.6) is 17.2 Å². The monoisotopic (exact) mass is 540 g/mol. The van der Waals surface area contributed by atoms with Gasteiger partial charge in [0.05, 0.1) is 38.0 Å². The van der Waals surface area contributed by atoms with Crippen LogP contribution in [0.1, 0.15) is 49.4 Å². The van der Waals surface area contributed by atoms with E-state index in [4.69, 9.17) is 14.2 Å². The number of anilines is 1. The topological polar surface area (TPSA) is 94.2 Å². The summed E-state index contributed by atoms with van der Waals surface area (Å²) in [6.07, 6.45) is 0. The lowest BCUT2D eigenvalue weighted by molar-refractivity contribution is -0.120. The Bertz CT molecular complexity index is 1370. The summed E-state index contributed by atoms with van der Waals surface area (Å²) in [6, 6.07) is 16.5. The molecule has 0 saturated carbocycles. The van der Waals surface area contributed by atoms with E-state index in [2.05, 4.69) is 19.2 Å². The van der Waals surface area contributed by atoms with E-state index in [1.807, 2.05) is 26.0 Å². The Balaban J connectivity index is 1.93. The van der Waals surface area contributed by atoms with Gasteiger partial charge in [0.2, 0.25) is 5.91 Å². The van der Waals surface area contributed by atoms with Gasteiger partial charge in [-0.15, -0.1) is 0 Å². The first-order valence-electron chi connectivity index (χ1n) is 12.3. The van der Waals surface area contributed by atoms with Gasteiger partial charge in [0.25, 0.3) is 10.0 Å². The molecule has 204 valence electrons. The normalized spacial score (nSPS) is 12.1. The fraction of sp³-hybridized carbons (Fsp3) is 0.345. The number of aryl methyl sites for hydroxylation is 1. The summed E-state index contributed by atoms with van der Waals surface area (Å²) < 4.78 is 44.7. The van der Waals surface area contributed by atoms with Gasteiger partial charge in [-0.05, 0) is 72.9 Å². The van der Waals surface area contributed by atoms with Gasteiger partial charge in [0.1, 0.15) is 12.3 Å². The van der Waals surface area contributed by atoms with Crippen molar-refractivity contribution in [3.8, 4) is 17.2 Å². The second-order valence-corrected chi connectivity index (χ2v) is 11.1. The highest BCUT2D eigenvalue weighted by Crippen LogP contribution is 2.33. The first-order chi connectivity index (χ1) is 18.0. The molecule has 0 bridgehead atoms. The fourth-order valence-corrected chi connectivity index (χ4v) is 5.76. The van der Waals surface area contributed by atoms with Crippen molar-refractivity contribution in [1.82, 2.24) is 5.32 Å². The third-order valence-electron chi connectivity index (χ3n) is 6.36. The molecule has 0 aromatic heterocycles. The average Bonchev–Trinajstić information content (AvgIpc) is 2.91. The van der Waals surface area contributed by atoms with Crippen molar-refractivity contribution < 1.29 is 27.4 Å². The number of hydrogen-bond acceptors (Lipinski definition) is 6. The number of carbonyl (C=O) groups is 1. The minimum Gasteiger partial charge on any atom is -0.496 e. The number of nitrogens with one attached hydrogen (secondary N) is 1. The maximum atomic E-state index is 13.8. The number of ether oxygens (including phenoxy) is 3. The zero-order valence-electron chi connectivity index (χ0n) is 22.9. The van der Waals surface area contributed by atoms with Crippen molar-refractivity contribution in [3.05, 3.63) is 77.4 Å². The molecule has 0 aliphatic carbocycles. The summed E-state index contributed by atoms with van der Waals surface area (Å²) in [4.78, 5) is 13.3. The summed E-state index contributed by atoms with van der Waals surface area (Å²) in [6.45, 7) is 7.60. The molecular formula is C29H36N2O6S. The Morgan fingerprint density at radius 1 is 0.842 bits per heavy atom. The minimum atomic E-state index is -4.12. The molecule has 8 nitrogen and oxygen atoms in total. The average molecular weight is 541 g/mol. The Morgan fingerprint density at radius 3 is 2.05 bits per heavy atom. The van der Waals surface area contributed by atoms with E-state index in [1.165, 1.54) is 32.4 Å². The Hall–Kier alpha value is -3.72. The number of para-hydroxylation sites is 1. The van der Waals surface area contributed by atoms with E-state index in [1.54, 1.807) is 37.4 Å². The molecule has 38 heavy (non-hydrogen) atoms. The predicted octanol–water partition coefficient (Wildman–Crippen LogP) is 5.22. The van der Waals surface area contributed by atoms with Crippen LogP contribution >= 0.6 is 0 Å². The number of sulfonamides is 1. The van der Waals surface area contributed by atoms with Crippen LogP contribution in [0.3, 0.4) is 0 Å². The number of hydrogen-bond donors (Lipinski definition) is 1. The minimum absolute atomic E-state index is 0.0209. The Morgan fingerprint density at radius 2 is 1.47 bits per heavy atom. The largest absolute Gasteiger partial charge is 0.496 e. The van der Waals surface area contributed by atoms with Crippen LogP contribution < -0.4 is 23.8 Å². The summed E-state index contributed by atoms with van der Waals surface area (Å²) in [7, 11) is 0.429. The molecule has 0 aliphatic rings. The van der Waals surface area contributed by atoms with Gasteiger partial charge in [0.15, 0.2) is 11.5 Å². The van der Waals surface area contributed by atoms with Gasteiger partial charge in [-0.1, -0.05) is 32.0 Å². The molecule has 0 fully saturated rings. The molecule has 0 unspecified atom stereocenters. The number of rotatable bonds is 11. The molecule has 3 aromatic carbocycles. The molecule has 0 radical (unpaired) electrons. The van der Waals surface area contributed by atoms with Gasteiger partial charge >= 0.3 is 0 Å². The molecule has 3 aromatic rings. The number of methoxy groups -OCH3 is 3. The van der Waals surface area contributed by atoms with Crippen molar-refractivity contribution in [2.45, 2.75) is 44.6 Å². The van der Waals surface area contributed by atoms with Crippen LogP contribution in [-0.2, 0) is 14.8 Å². The molecule has 1 atom stereocenters. The predicted molar refractivity (Wildman–Crippen MR) is 149 cm³/mol. The maximum absolute atomic E-state index is 13.8. The quantitative estimate of drug-likeness (QED) is 0.359. The first-order valence-corrected chi connectivity index (χ1v) is 13.7. The van der Waals surface area contributed by atoms with Gasteiger partial charge in [0, 0.05) is 6.07 Å². The molecule has 1 amide bonds. The van der Waals surface area contributed by atoms with Crippen molar-refractivity contribution in [1.29, 1.82) is 0 Å². The molecule has 3 rings (SSSR count). The van der Waals surface area contributed by atoms with E-state index in [0.29, 0.717) is 11.4 Å². The highest BCUT2D eigenvalue weighted by Gasteiger charge is 2.29. The first kappa shape index (κ1) is 28.8. The van der Waals surface area contributed by atoms with Crippen LogP contribution in [0, 0.1) is 6.92 Å². The van der Waals surface area contributed by atoms with Crippen LogP contribution in [0.4, 0.5) is 5.69 Å². The van der Waals surface area contributed by atoms with E-state index in [9.17, 15) is 13.2 Å². The molecular weight excluding hydrogens is 504 g/mol. The summed E-state index contributed by atoms with van der Waals surface area (Å²) in [5.41, 5.74) is 3.32. The Labute approximate surface area is 225 Å². The molecule has 9 heteroatoms. The third kappa shape index (κ3) is 6.22. The van der Waals surface area contributed by atoms with Gasteiger partial charge < -0.3 is 19.5 Å². The van der Waals surface area contributed by atoms with Crippen LogP contribution in [0.25, 0.3) is 0 Å². The van der Waals surface area contributed by atoms with Crippen molar-refractivity contribution >= 4 is 21.6 Å². The maximum Gasteiger partial charge on any atom is 0.264 e. The Kier molecular flexibility index (Phi) is 9.27. The summed E-state index contributed by atoms with van der Waals surface area (Å²) >= 11 is 0. The smallest absolute Gasteiger partial charge is 0.264 e. The van der Waals surface area contributed by atoms with E-state index in [0.717, 1.165) is 26.7 Å². The number of carbonyl (C=O) groups excluding carboxylic acids is 1. The SMILES string of the molecule is COc1ccc(S(=O)(=O)N(CC(=O)N[C@@H](C)c2cc(C(C)C)c(OC)cc2C)c2ccccc2)cc1OC. The highest BCUT2D eigenvalue weighted by molar-refractivity contribution is 7.92. The van der Waals surface area contributed by atoms with E-state index >= 15 is 0 Å². The lowest BCUT2D eigenvalue weighted by atomic mass is 9.93. The van der Waals surface area contributed by atoms with Crippen molar-refractivity contribution in [3.63, 3.8) is 0 Å². The molecule has 1 N–H and O–H groups in total. The van der Waals surface area contributed by atoms with Crippen LogP contribution in [0.2, 0.25) is 0 Å². The summed E-state index contributed by atoms with van der Waals surface area (Å²) in [5.74, 6) is 1.27. The van der Waals surface area contributed by atoms with E-state index < -0.39 is 22.5 Å². The van der Waals surface area contributed by atoms with Gasteiger partial charge in [-0.25, -0.2) is 8.42 Å². The van der Waals surface area contributed by atoms with E-state index in [-0.39, 0.29) is 22.6 Å². The van der Waals surface area contributed by atoms with Gasteiger partial charge in [-0.2, -0.15) is 0 Å². The molecule has 0 saturated heterocycles. The van der Waals surface area contributed by atoms with Crippen LogP contribution in [0.15, 0.2) is 65.6 Å². The molecule has 0 aliphatic heterocycles. The molecule has 0 heterocycles. The number of nitrogens with zero attached hydrogens (tertiary/aromatic N) is 1. The van der Waals surface area contributed by atoms with Gasteiger partial charge in [-0.3, -0.25) is 9.10 Å². The zero-order chi connectivity index (χ0) is 28.0. The summed E-state index contributed by atoms with van der Waals surface area (Å²) in [5, 5.41) is 2.97. The lowest BCUT2D eigenvalue weighted by Gasteiger charge is -2.26. The van der Waals surface area contributed by atoms with Crippen molar-refractivity contribution in [2.24, 2.45) is 0 Å². The van der Waals surface area contributed by atoms with Crippen LogP contribution in [-0.4, -0.2) is 42.2 Å². The second-order valence-electron chi connectivity index (χ2n) is 9.26. The molecule has 0 spiro atoms. The third-order valence-corrected chi connectivity index (χ3v) is 8.13. The standard InChI is InChI=1S/C29H36N2O6S/c1-19(2)24-17-25(20(3)15-27(24)36-6)21(4)30-29(32)18-31(22-11-9-8-10-12-22)38(33,34)23-13-14-26(35-5)28(16-23)37-7/h8-17,19,21H,18H2,1-7H3,(H,30,32)/t21-/m0/s1. The van der Waals surface area contributed by atoms with Crippen molar-refractivity contribution in [2.75, 3.05) is 32.2 Å². The second kappa shape index (κ2) is 12.2.